The van der Waals surface area contributed by atoms with Gasteiger partial charge in [0.1, 0.15) is 18.1 Å². The van der Waals surface area contributed by atoms with E-state index in [4.69, 9.17) is 4.74 Å². The molecule has 2 aliphatic heterocycles. The lowest BCUT2D eigenvalue weighted by molar-refractivity contribution is -0.433. The van der Waals surface area contributed by atoms with Gasteiger partial charge in [0.05, 0.1) is 15.2 Å². The molecule has 0 fully saturated rings. The zero-order chi connectivity index (χ0) is 42.2. The maximum Gasteiger partial charge on any atom is 0.303 e. The predicted molar refractivity (Wildman–Crippen MR) is 225 cm³/mol. The van der Waals surface area contributed by atoms with Crippen molar-refractivity contribution in [1.29, 1.82) is 0 Å². The minimum Gasteiger partial charge on any atom is -0.481 e. The van der Waals surface area contributed by atoms with E-state index in [9.17, 15) is 35.8 Å². The molecule has 0 amide bonds. The molecule has 13 heteroatoms. The quantitative estimate of drug-likeness (QED) is 0.106. The first-order chi connectivity index (χ1) is 27.3. The molecule has 6 rings (SSSR count). The number of allylic oxidation sites excluding steroid dienone is 7. The van der Waals surface area contributed by atoms with E-state index in [1.165, 1.54) is 58.9 Å². The number of hydrogen-bond acceptors (Lipinski definition) is 7. The van der Waals surface area contributed by atoms with Crippen LogP contribution in [0, 0.1) is 6.92 Å². The Labute approximate surface area is 342 Å². The van der Waals surface area contributed by atoms with Crippen molar-refractivity contribution in [3.8, 4) is 5.75 Å². The van der Waals surface area contributed by atoms with Gasteiger partial charge in [-0.1, -0.05) is 31.6 Å². The summed E-state index contributed by atoms with van der Waals surface area (Å²) in [5.74, 6) is 0.0906. The maximum absolute atomic E-state index is 12.2. The van der Waals surface area contributed by atoms with Crippen LogP contribution in [0.25, 0.3) is 0 Å². The molecule has 2 heterocycles. The Morgan fingerprint density at radius 1 is 0.845 bits per heavy atom. The number of benzene rings is 3. The summed E-state index contributed by atoms with van der Waals surface area (Å²) < 4.78 is 76.7. The summed E-state index contributed by atoms with van der Waals surface area (Å²) in [6.45, 7) is 13.9. The van der Waals surface area contributed by atoms with E-state index in [0.717, 1.165) is 48.3 Å². The van der Waals surface area contributed by atoms with E-state index >= 15 is 0 Å². The monoisotopic (exact) mass is 829 g/mol. The molecule has 0 spiro atoms. The normalized spacial score (nSPS) is 22.4. The third kappa shape index (κ3) is 8.22. The first-order valence-electron chi connectivity index (χ1n) is 19.8. The SMILES string of the molecule is CC[N+]1=C(/C=C/C2=C(Oc3ccc(S(=O)(=O)O)cc3)C(=C/C=C3/N(CCCC(=O)O)c4ccc(S(=O)(=O)O)cc4C3(C)CC)/CCC2)C(C)(CC)c2cc(C)ccc21. The number of rotatable bonds is 14. The van der Waals surface area contributed by atoms with Crippen molar-refractivity contribution in [3.63, 3.8) is 0 Å². The van der Waals surface area contributed by atoms with Crippen molar-refractivity contribution in [1.82, 2.24) is 0 Å². The van der Waals surface area contributed by atoms with E-state index in [-0.39, 0.29) is 21.6 Å². The van der Waals surface area contributed by atoms with Crippen molar-refractivity contribution in [3.05, 3.63) is 124 Å². The fraction of sp³-hybridized carbons (Fsp3) is 0.378. The Hall–Kier alpha value is -4.82. The maximum atomic E-state index is 12.2. The van der Waals surface area contributed by atoms with Gasteiger partial charge in [-0.25, -0.2) is 0 Å². The van der Waals surface area contributed by atoms with Crippen LogP contribution < -0.4 is 9.64 Å². The Morgan fingerprint density at radius 2 is 1.52 bits per heavy atom. The molecule has 0 saturated carbocycles. The van der Waals surface area contributed by atoms with Gasteiger partial charge in [0.15, 0.2) is 5.71 Å². The molecule has 11 nitrogen and oxygen atoms in total. The van der Waals surface area contributed by atoms with Crippen LogP contribution >= 0.6 is 0 Å². The molecular weight excluding hydrogens is 777 g/mol. The van der Waals surface area contributed by atoms with Gasteiger partial charge in [0, 0.05) is 47.5 Å². The molecule has 3 aromatic rings. The zero-order valence-corrected chi connectivity index (χ0v) is 35.6. The Balaban J connectivity index is 1.50. The average molecular weight is 830 g/mol. The third-order valence-corrected chi connectivity index (χ3v) is 13.8. The summed E-state index contributed by atoms with van der Waals surface area (Å²) in [4.78, 5) is 13.1. The smallest absolute Gasteiger partial charge is 0.303 e. The van der Waals surface area contributed by atoms with Gasteiger partial charge < -0.3 is 14.7 Å². The molecule has 0 aromatic heterocycles. The minimum absolute atomic E-state index is 0.0465. The highest BCUT2D eigenvalue weighted by Crippen LogP contribution is 2.51. The van der Waals surface area contributed by atoms with Crippen LogP contribution in [0.1, 0.15) is 96.3 Å². The molecule has 0 saturated heterocycles. The molecule has 1 aliphatic carbocycles. The summed E-state index contributed by atoms with van der Waals surface area (Å²) in [5.41, 5.74) is 8.12. The van der Waals surface area contributed by atoms with Crippen LogP contribution in [-0.2, 0) is 35.9 Å². The van der Waals surface area contributed by atoms with Gasteiger partial charge in [-0.3, -0.25) is 13.9 Å². The summed E-state index contributed by atoms with van der Waals surface area (Å²) in [7, 11) is -8.89. The average Bonchev–Trinajstić information content (AvgIpc) is 3.56. The van der Waals surface area contributed by atoms with E-state index in [1.807, 2.05) is 30.9 Å². The number of ether oxygens (including phenoxy) is 1. The fourth-order valence-electron chi connectivity index (χ4n) is 8.58. The molecule has 308 valence electrons. The number of carboxylic acid groups (broad SMARTS) is 1. The predicted octanol–water partition coefficient (Wildman–Crippen LogP) is 9.21. The number of aliphatic carboxylic acids is 1. The van der Waals surface area contributed by atoms with Gasteiger partial charge in [-0.2, -0.15) is 21.4 Å². The van der Waals surface area contributed by atoms with Crippen molar-refractivity contribution >= 4 is 43.3 Å². The highest BCUT2D eigenvalue weighted by molar-refractivity contribution is 7.86. The van der Waals surface area contributed by atoms with Crippen LogP contribution in [0.2, 0.25) is 0 Å². The summed E-state index contributed by atoms with van der Waals surface area (Å²) in [5, 5.41) is 9.46. The van der Waals surface area contributed by atoms with Gasteiger partial charge in [0.2, 0.25) is 5.69 Å². The summed E-state index contributed by atoms with van der Waals surface area (Å²) in [6.07, 6.45) is 12.3. The molecule has 3 aliphatic rings. The first kappa shape index (κ1) is 42.8. The van der Waals surface area contributed by atoms with Crippen LogP contribution in [0.15, 0.2) is 117 Å². The Morgan fingerprint density at radius 3 is 2.14 bits per heavy atom. The molecule has 0 bridgehead atoms. The third-order valence-electron chi connectivity index (χ3n) is 12.1. The summed E-state index contributed by atoms with van der Waals surface area (Å²) in [6, 6.07) is 16.8. The number of carbonyl (C=O) groups is 1. The summed E-state index contributed by atoms with van der Waals surface area (Å²) >= 11 is 0. The lowest BCUT2D eigenvalue weighted by Crippen LogP contribution is -2.30. The fourth-order valence-corrected chi connectivity index (χ4v) is 9.57. The van der Waals surface area contributed by atoms with E-state index in [2.05, 4.69) is 62.6 Å². The van der Waals surface area contributed by atoms with Crippen LogP contribution in [-0.4, -0.2) is 60.4 Å². The highest BCUT2D eigenvalue weighted by Gasteiger charge is 2.46. The second-order valence-corrected chi connectivity index (χ2v) is 18.5. The number of fused-ring (bicyclic) bond motifs is 2. The molecular formula is C45H53N2O9S2+. The van der Waals surface area contributed by atoms with Gasteiger partial charge in [-0.05, 0) is 144 Å². The van der Waals surface area contributed by atoms with Crippen molar-refractivity contribution in [2.75, 3.05) is 18.0 Å². The van der Waals surface area contributed by atoms with E-state index in [0.29, 0.717) is 42.9 Å². The molecule has 3 N–H and O–H groups in total. The zero-order valence-electron chi connectivity index (χ0n) is 33.9. The minimum atomic E-state index is -4.48. The number of anilines is 1. The van der Waals surface area contributed by atoms with Gasteiger partial charge in [0.25, 0.3) is 20.2 Å². The van der Waals surface area contributed by atoms with Crippen LogP contribution in [0.5, 0.6) is 5.75 Å². The topological polar surface area (TPSA) is 162 Å². The van der Waals surface area contributed by atoms with E-state index in [1.54, 1.807) is 6.07 Å². The standard InChI is InChI=1S/C45H52N2O9S2/c1-7-44(5)36-28-30(4)15-23-38(36)46(9-3)40(44)25-16-31-12-10-13-32(43(31)56-33-18-20-34(21-19-33)57(50,51)52)17-26-41-45(6,8-2)37-29-35(58(53,54)55)22-24-39(37)47(41)27-11-14-42(48)49/h15-26,28-29H,7-14,27H2,1-6H3,(H2-,48,49,50,51,52,53,54,55)/p+1. The van der Waals surface area contributed by atoms with Crippen molar-refractivity contribution in [2.24, 2.45) is 0 Å². The molecule has 2 atom stereocenters. The first-order valence-corrected chi connectivity index (χ1v) is 22.7. The number of aryl methyl sites for hydroxylation is 1. The number of carboxylic acids is 1. The van der Waals surface area contributed by atoms with E-state index < -0.39 is 31.6 Å². The van der Waals surface area contributed by atoms with Gasteiger partial charge >= 0.3 is 5.97 Å². The second-order valence-electron chi connectivity index (χ2n) is 15.7. The lowest BCUT2D eigenvalue weighted by Gasteiger charge is -2.29. The highest BCUT2D eigenvalue weighted by atomic mass is 32.2. The molecule has 0 radical (unpaired) electrons. The largest absolute Gasteiger partial charge is 0.481 e. The van der Waals surface area contributed by atoms with Crippen molar-refractivity contribution < 1.29 is 45.2 Å². The molecule has 3 aromatic carbocycles. The van der Waals surface area contributed by atoms with Crippen molar-refractivity contribution in [2.45, 2.75) is 107 Å². The van der Waals surface area contributed by atoms with Gasteiger partial charge in [-0.15, -0.1) is 0 Å². The second kappa shape index (κ2) is 16.4. The van der Waals surface area contributed by atoms with Crippen LogP contribution in [0.4, 0.5) is 11.4 Å². The molecule has 58 heavy (non-hydrogen) atoms. The number of hydrogen-bond donors (Lipinski definition) is 3. The Kier molecular flexibility index (Phi) is 12.1. The van der Waals surface area contributed by atoms with Crippen LogP contribution in [0.3, 0.4) is 0 Å². The lowest BCUT2D eigenvalue weighted by atomic mass is 9.76. The Bertz CT molecular complexity index is 2520. The number of nitrogens with zero attached hydrogens (tertiary/aromatic N) is 2. The molecule has 2 unspecified atom stereocenters.